The maximum Gasteiger partial charge on any atom is 0.433 e. The molecule has 2 aromatic heterocycles. The van der Waals surface area contributed by atoms with Crippen LogP contribution >= 0.6 is 21.6 Å². The quantitative estimate of drug-likeness (QED) is 0.216. The predicted molar refractivity (Wildman–Crippen MR) is 115 cm³/mol. The van der Waals surface area contributed by atoms with Gasteiger partial charge in [0.1, 0.15) is 11.4 Å². The van der Waals surface area contributed by atoms with Gasteiger partial charge in [-0.3, -0.25) is 0 Å². The third-order valence-electron chi connectivity index (χ3n) is 4.81. The van der Waals surface area contributed by atoms with Gasteiger partial charge >= 0.3 is 12.4 Å². The second kappa shape index (κ2) is 8.15. The number of nitrogens with zero attached hydrogens (tertiary/aromatic N) is 2. The highest BCUT2D eigenvalue weighted by Crippen LogP contribution is 2.46. The summed E-state index contributed by atoms with van der Waals surface area (Å²) in [5.41, 5.74) is -0.536. The van der Waals surface area contributed by atoms with E-state index in [1.54, 1.807) is 50.2 Å². The molecule has 166 valence electrons. The van der Waals surface area contributed by atoms with Gasteiger partial charge in [-0.1, -0.05) is 58.0 Å². The van der Waals surface area contributed by atoms with Crippen LogP contribution in [0.1, 0.15) is 22.5 Å². The molecule has 0 saturated carbocycles. The zero-order valence-corrected chi connectivity index (χ0v) is 18.2. The predicted octanol–water partition coefficient (Wildman–Crippen LogP) is 8.24. The van der Waals surface area contributed by atoms with Gasteiger partial charge in [-0.15, -0.1) is 0 Å². The zero-order valence-electron chi connectivity index (χ0n) is 16.6. The first-order valence-corrected chi connectivity index (χ1v) is 11.4. The van der Waals surface area contributed by atoms with E-state index in [4.69, 9.17) is 0 Å². The van der Waals surface area contributed by atoms with E-state index in [-0.39, 0.29) is 20.8 Å². The van der Waals surface area contributed by atoms with Crippen LogP contribution in [-0.4, -0.2) is 9.97 Å². The Balaban J connectivity index is 1.84. The Labute approximate surface area is 186 Å². The van der Waals surface area contributed by atoms with Gasteiger partial charge in [-0.05, 0) is 37.1 Å². The van der Waals surface area contributed by atoms with E-state index in [0.29, 0.717) is 21.9 Å². The molecule has 0 fully saturated rings. The molecule has 0 amide bonds. The van der Waals surface area contributed by atoms with Gasteiger partial charge in [-0.2, -0.15) is 26.3 Å². The van der Waals surface area contributed by atoms with E-state index in [1.165, 1.54) is 0 Å². The van der Waals surface area contributed by atoms with Gasteiger partial charge in [0.05, 0.1) is 11.0 Å². The number of hydrogen-bond acceptors (Lipinski definition) is 4. The highest BCUT2D eigenvalue weighted by atomic mass is 33.1. The first-order chi connectivity index (χ1) is 14.9. The molecule has 4 rings (SSSR count). The number of pyridine rings is 2. The molecule has 0 radical (unpaired) electrons. The molecule has 2 aromatic carbocycles. The van der Waals surface area contributed by atoms with Crippen LogP contribution in [0, 0.1) is 13.8 Å². The Kier molecular flexibility index (Phi) is 5.79. The molecule has 2 nitrogen and oxygen atoms in total. The number of aromatic nitrogens is 2. The lowest BCUT2D eigenvalue weighted by molar-refractivity contribution is -0.141. The summed E-state index contributed by atoms with van der Waals surface area (Å²) in [5, 5.41) is 1.00. The number of halogens is 6. The minimum absolute atomic E-state index is 0.205. The summed E-state index contributed by atoms with van der Waals surface area (Å²) < 4.78 is 80.5. The SMILES string of the molecule is Cc1cccc2c(SSc3cc(C(F)(F)F)nc4c(C)cccc34)cc(C(F)(F)F)nc12. The summed E-state index contributed by atoms with van der Waals surface area (Å²) in [5.74, 6) is 0. The van der Waals surface area contributed by atoms with Gasteiger partial charge in [0.15, 0.2) is 0 Å². The van der Waals surface area contributed by atoms with Gasteiger partial charge < -0.3 is 0 Å². The molecule has 0 N–H and O–H groups in total. The Bertz CT molecular complexity index is 1230. The van der Waals surface area contributed by atoms with E-state index in [9.17, 15) is 26.3 Å². The summed E-state index contributed by atoms with van der Waals surface area (Å²) in [6, 6.07) is 11.9. The molecule has 0 aliphatic carbocycles. The van der Waals surface area contributed by atoms with Crippen molar-refractivity contribution in [2.45, 2.75) is 36.0 Å². The van der Waals surface area contributed by atoms with Crippen molar-refractivity contribution in [2.24, 2.45) is 0 Å². The number of benzene rings is 2. The molecule has 0 spiro atoms. The lowest BCUT2D eigenvalue weighted by Gasteiger charge is -2.14. The highest BCUT2D eigenvalue weighted by Gasteiger charge is 2.35. The Hall–Kier alpha value is -2.46. The van der Waals surface area contributed by atoms with Gasteiger partial charge in [0.25, 0.3) is 0 Å². The molecule has 4 aromatic rings. The normalized spacial score (nSPS) is 12.6. The molecule has 32 heavy (non-hydrogen) atoms. The van der Waals surface area contributed by atoms with E-state index in [1.807, 2.05) is 0 Å². The highest BCUT2D eigenvalue weighted by molar-refractivity contribution is 8.76. The van der Waals surface area contributed by atoms with Gasteiger partial charge in [-0.25, -0.2) is 9.97 Å². The van der Waals surface area contributed by atoms with Crippen LogP contribution in [0.4, 0.5) is 26.3 Å². The Morgan fingerprint density at radius 3 is 1.34 bits per heavy atom. The number of aryl methyl sites for hydroxylation is 2. The third kappa shape index (κ3) is 4.38. The fourth-order valence-electron chi connectivity index (χ4n) is 3.24. The van der Waals surface area contributed by atoms with Gasteiger partial charge in [0.2, 0.25) is 0 Å². The van der Waals surface area contributed by atoms with Crippen molar-refractivity contribution in [3.05, 3.63) is 71.0 Å². The van der Waals surface area contributed by atoms with Crippen molar-refractivity contribution >= 4 is 43.4 Å². The van der Waals surface area contributed by atoms with Crippen LogP contribution in [-0.2, 0) is 12.4 Å². The first kappa shape index (κ1) is 22.7. The Morgan fingerprint density at radius 2 is 1.00 bits per heavy atom. The van der Waals surface area contributed by atoms with Crippen molar-refractivity contribution in [2.75, 3.05) is 0 Å². The largest absolute Gasteiger partial charge is 0.433 e. The molecule has 0 saturated heterocycles. The minimum atomic E-state index is -4.65. The molecule has 0 unspecified atom stereocenters. The zero-order chi connectivity index (χ0) is 23.3. The van der Waals surface area contributed by atoms with E-state index < -0.39 is 23.7 Å². The summed E-state index contributed by atoms with van der Waals surface area (Å²) >= 11 is 0. The topological polar surface area (TPSA) is 25.8 Å². The first-order valence-electron chi connectivity index (χ1n) is 9.25. The van der Waals surface area contributed by atoms with Crippen molar-refractivity contribution in [3.63, 3.8) is 0 Å². The second-order valence-electron chi connectivity index (χ2n) is 7.12. The average molecular weight is 484 g/mol. The third-order valence-corrected chi connectivity index (χ3v) is 7.25. The number of hydrogen-bond donors (Lipinski definition) is 0. The summed E-state index contributed by atoms with van der Waals surface area (Å²) in [7, 11) is 1.93. The van der Waals surface area contributed by atoms with E-state index >= 15 is 0 Å². The minimum Gasteiger partial charge on any atom is -0.243 e. The smallest absolute Gasteiger partial charge is 0.243 e. The molecule has 0 atom stereocenters. The van der Waals surface area contributed by atoms with Crippen LogP contribution in [0.3, 0.4) is 0 Å². The van der Waals surface area contributed by atoms with Crippen molar-refractivity contribution in [3.8, 4) is 0 Å². The lowest BCUT2D eigenvalue weighted by atomic mass is 10.1. The fourth-order valence-corrected chi connectivity index (χ4v) is 5.61. The number of para-hydroxylation sites is 2. The molecule has 0 bridgehead atoms. The average Bonchev–Trinajstić information content (AvgIpc) is 2.71. The molecule has 0 aliphatic heterocycles. The maximum absolute atomic E-state index is 13.4. The number of rotatable bonds is 3. The maximum atomic E-state index is 13.4. The fraction of sp³-hybridized carbons (Fsp3) is 0.182. The molecule has 2 heterocycles. The molecular formula is C22H14F6N2S2. The monoisotopic (exact) mass is 484 g/mol. The standard InChI is InChI=1S/C22H14F6N2S2/c1-11-5-3-7-13-15(9-17(21(23,24)25)29-19(11)13)31-32-16-10-18(22(26,27)28)30-20-12(2)6-4-8-14(16)20/h3-10H,1-2H3. The summed E-state index contributed by atoms with van der Waals surface area (Å²) in [6.45, 7) is 3.32. The summed E-state index contributed by atoms with van der Waals surface area (Å²) in [6.07, 6.45) is -9.30. The van der Waals surface area contributed by atoms with Crippen molar-refractivity contribution in [1.29, 1.82) is 0 Å². The lowest BCUT2D eigenvalue weighted by Crippen LogP contribution is -2.09. The van der Waals surface area contributed by atoms with Crippen LogP contribution in [0.2, 0.25) is 0 Å². The van der Waals surface area contributed by atoms with Crippen molar-refractivity contribution in [1.82, 2.24) is 9.97 Å². The molecular weight excluding hydrogens is 470 g/mol. The van der Waals surface area contributed by atoms with Crippen LogP contribution < -0.4 is 0 Å². The van der Waals surface area contributed by atoms with Crippen molar-refractivity contribution < 1.29 is 26.3 Å². The van der Waals surface area contributed by atoms with Crippen LogP contribution in [0.15, 0.2) is 58.3 Å². The number of alkyl halides is 6. The Morgan fingerprint density at radius 1 is 0.625 bits per heavy atom. The summed E-state index contributed by atoms with van der Waals surface area (Å²) in [4.78, 5) is 8.06. The van der Waals surface area contributed by atoms with E-state index in [0.717, 1.165) is 33.7 Å². The second-order valence-corrected chi connectivity index (χ2v) is 9.33. The van der Waals surface area contributed by atoms with E-state index in [2.05, 4.69) is 9.97 Å². The van der Waals surface area contributed by atoms with Crippen LogP contribution in [0.25, 0.3) is 21.8 Å². The molecule has 0 aliphatic rings. The number of fused-ring (bicyclic) bond motifs is 2. The van der Waals surface area contributed by atoms with Gasteiger partial charge in [0, 0.05) is 20.6 Å². The molecule has 10 heteroatoms. The van der Waals surface area contributed by atoms with Crippen LogP contribution in [0.5, 0.6) is 0 Å².